The molecule has 334 valence electrons. The summed E-state index contributed by atoms with van der Waals surface area (Å²) >= 11 is 8.04. The first-order valence-corrected chi connectivity index (χ1v) is 23.2. The van der Waals surface area contributed by atoms with Gasteiger partial charge in [0.2, 0.25) is 0 Å². The van der Waals surface area contributed by atoms with Gasteiger partial charge in [0.15, 0.2) is 0 Å². The number of fused-ring (bicyclic) bond motifs is 1. The van der Waals surface area contributed by atoms with E-state index in [1.807, 2.05) is 104 Å². The number of nitrogens with zero attached hydrogens (tertiary/aromatic N) is 2. The quantitative estimate of drug-likeness (QED) is 0.0946. The van der Waals surface area contributed by atoms with Gasteiger partial charge in [0, 0.05) is 47.6 Å². The summed E-state index contributed by atoms with van der Waals surface area (Å²) in [5.41, 5.74) is 6.55. The molecule has 2 aliphatic rings. The van der Waals surface area contributed by atoms with Gasteiger partial charge in [0.25, 0.3) is 0 Å². The summed E-state index contributed by atoms with van der Waals surface area (Å²) in [6, 6.07) is 42.0. The summed E-state index contributed by atoms with van der Waals surface area (Å²) in [5, 5.41) is 25.4. The number of benzene rings is 5. The van der Waals surface area contributed by atoms with Crippen molar-refractivity contribution in [1.82, 2.24) is 15.2 Å². The largest absolute Gasteiger partial charge is 0.481 e. The summed E-state index contributed by atoms with van der Waals surface area (Å²) < 4.78 is 38.3. The number of piperazine rings is 1. The molecule has 6 nitrogen and oxygen atoms in total. The predicted octanol–water partition coefficient (Wildman–Crippen LogP) is 12.6. The predicted molar refractivity (Wildman–Crippen MR) is 255 cm³/mol. The molecule has 5 aromatic carbocycles. The highest BCUT2D eigenvalue weighted by atomic mass is 35.5. The minimum absolute atomic E-state index is 0.0133. The number of hydrogen-bond acceptors (Lipinski definition) is 6. The van der Waals surface area contributed by atoms with Crippen molar-refractivity contribution in [2.75, 3.05) is 31.9 Å². The summed E-state index contributed by atoms with van der Waals surface area (Å²) in [6.45, 7) is 7.19. The first-order valence-electron chi connectivity index (χ1n) is 21.8. The van der Waals surface area contributed by atoms with Gasteiger partial charge in [-0.1, -0.05) is 121 Å². The molecule has 0 bridgehead atoms. The Morgan fingerprint density at radius 3 is 2.20 bits per heavy atom. The smallest absolute Gasteiger partial charge is 0.416 e. The van der Waals surface area contributed by atoms with Crippen LogP contribution in [0.5, 0.6) is 0 Å². The number of hydrogen-bond donors (Lipinski definition) is 3. The second kappa shape index (κ2) is 20.9. The van der Waals surface area contributed by atoms with E-state index >= 15 is 0 Å². The van der Waals surface area contributed by atoms with Crippen LogP contribution in [-0.4, -0.2) is 58.0 Å². The van der Waals surface area contributed by atoms with Gasteiger partial charge in [-0.3, -0.25) is 9.69 Å². The van der Waals surface area contributed by atoms with Crippen molar-refractivity contribution < 1.29 is 28.2 Å². The van der Waals surface area contributed by atoms with Crippen LogP contribution in [0.1, 0.15) is 95.5 Å². The highest BCUT2D eigenvalue weighted by molar-refractivity contribution is 7.99. The number of aryl methyl sites for hydroxylation is 1. The number of nitrogens with one attached hydrogen (secondary N) is 1. The van der Waals surface area contributed by atoms with E-state index in [0.717, 1.165) is 102 Å². The minimum atomic E-state index is -4.30. The minimum Gasteiger partial charge on any atom is -0.481 e. The number of thioether (sulfide) groups is 1. The van der Waals surface area contributed by atoms with Crippen LogP contribution in [0.4, 0.5) is 13.2 Å². The molecule has 6 aromatic rings. The third-order valence-electron chi connectivity index (χ3n) is 12.0. The number of aliphatic carboxylic acids is 1. The molecule has 1 saturated heterocycles. The van der Waals surface area contributed by atoms with Crippen molar-refractivity contribution >= 4 is 52.4 Å². The zero-order valence-corrected chi connectivity index (χ0v) is 37.8. The van der Waals surface area contributed by atoms with Gasteiger partial charge in [0.05, 0.1) is 34.8 Å². The molecule has 1 aromatic heterocycles. The topological polar surface area (TPSA) is 85.7 Å². The number of rotatable bonds is 15. The number of aliphatic hydroxyl groups is 1. The molecule has 2 atom stereocenters. The number of carbonyl (C=O) groups is 1. The molecule has 8 rings (SSSR count). The lowest BCUT2D eigenvalue weighted by Gasteiger charge is -2.35. The average Bonchev–Trinajstić information content (AvgIpc) is 4.04. The molecule has 1 unspecified atom stereocenters. The Kier molecular flexibility index (Phi) is 15.3. The molecule has 1 saturated carbocycles. The van der Waals surface area contributed by atoms with E-state index in [2.05, 4.69) is 52.7 Å². The van der Waals surface area contributed by atoms with Crippen LogP contribution in [-0.2, 0) is 23.0 Å². The van der Waals surface area contributed by atoms with Crippen LogP contribution in [0.3, 0.4) is 0 Å². The standard InChI is InChI=1S/C35H36ClNO3S.C18H19F3N2/c1-34(2,40)30-9-4-3-7-25(30)13-17-32(41-23-35(18-19-35)22-33(38)39)27-8-5-6-24(20-27)10-15-29-16-12-26-11-14-28(36)21-31(26)37-29;19-18(20,21)16-8-6-15(7-9-16)17(14-4-2-1-3-5-14)23-12-10-22-11-13-23/h3-12,14-16,20-21,32,40H,13,17-19,22-23H2,1-2H3,(H,38,39);1-9,17,22H,10-13H2/b15-10+;/t32-;/m1./s1. The van der Waals surface area contributed by atoms with E-state index in [4.69, 9.17) is 16.6 Å². The van der Waals surface area contributed by atoms with E-state index in [-0.39, 0.29) is 23.1 Å². The fourth-order valence-corrected chi connectivity index (χ4v) is 10.1. The lowest BCUT2D eigenvalue weighted by Crippen LogP contribution is -2.45. The Bertz CT molecular complexity index is 2520. The fraction of sp³-hybridized carbons (Fsp3) is 0.321. The highest BCUT2D eigenvalue weighted by Gasteiger charge is 2.44. The van der Waals surface area contributed by atoms with Gasteiger partial charge >= 0.3 is 12.1 Å². The number of carboxylic acids is 1. The number of carboxylic acid groups (broad SMARTS) is 1. The average molecular weight is 907 g/mol. The molecule has 0 spiro atoms. The second-order valence-corrected chi connectivity index (χ2v) is 19.0. The van der Waals surface area contributed by atoms with Gasteiger partial charge in [0.1, 0.15) is 0 Å². The van der Waals surface area contributed by atoms with Crippen molar-refractivity contribution in [2.24, 2.45) is 5.41 Å². The van der Waals surface area contributed by atoms with Crippen LogP contribution in [0, 0.1) is 5.41 Å². The maximum absolute atomic E-state index is 12.8. The number of alkyl halides is 3. The monoisotopic (exact) mass is 905 g/mol. The number of halogens is 4. The Balaban J connectivity index is 0.000000225. The first kappa shape index (κ1) is 47.0. The van der Waals surface area contributed by atoms with Gasteiger partial charge in [-0.15, -0.1) is 0 Å². The fourth-order valence-electron chi connectivity index (χ4n) is 8.40. The van der Waals surface area contributed by atoms with Crippen LogP contribution in [0.15, 0.2) is 133 Å². The Morgan fingerprint density at radius 1 is 0.844 bits per heavy atom. The molecule has 11 heteroatoms. The molecular formula is C53H55ClF3N3O3S. The molecule has 0 amide bonds. The molecule has 1 aliphatic carbocycles. The molecule has 1 aliphatic heterocycles. The molecule has 2 fully saturated rings. The maximum Gasteiger partial charge on any atom is 0.416 e. The van der Waals surface area contributed by atoms with E-state index in [1.54, 1.807) is 12.1 Å². The molecule has 64 heavy (non-hydrogen) atoms. The van der Waals surface area contributed by atoms with Crippen molar-refractivity contribution in [3.8, 4) is 0 Å². The van der Waals surface area contributed by atoms with E-state index in [9.17, 15) is 28.2 Å². The third-order valence-corrected chi connectivity index (χ3v) is 13.9. The van der Waals surface area contributed by atoms with Gasteiger partial charge in [-0.05, 0) is 115 Å². The molecule has 2 heterocycles. The zero-order chi connectivity index (χ0) is 45.3. The summed E-state index contributed by atoms with van der Waals surface area (Å²) in [4.78, 5) is 18.5. The van der Waals surface area contributed by atoms with Crippen molar-refractivity contribution in [3.63, 3.8) is 0 Å². The molecule has 3 N–H and O–H groups in total. The lowest BCUT2D eigenvalue weighted by molar-refractivity contribution is -0.138. The van der Waals surface area contributed by atoms with Crippen LogP contribution in [0.25, 0.3) is 23.1 Å². The van der Waals surface area contributed by atoms with E-state index < -0.39 is 23.3 Å². The molecule has 0 radical (unpaired) electrons. The summed E-state index contributed by atoms with van der Waals surface area (Å²) in [7, 11) is 0. The number of aromatic nitrogens is 1. The summed E-state index contributed by atoms with van der Waals surface area (Å²) in [5.74, 6) is 0.122. The Hall–Kier alpha value is -4.97. The zero-order valence-electron chi connectivity index (χ0n) is 36.2. The Morgan fingerprint density at radius 2 is 1.52 bits per heavy atom. The van der Waals surface area contributed by atoms with Crippen molar-refractivity contribution in [3.05, 3.63) is 183 Å². The SMILES string of the molecule is CC(C)(O)c1ccccc1CC[C@@H](SCC1(CC(=O)O)CC1)c1cccc(/C=C/c2ccc3ccc(Cl)cc3n2)c1.FC(F)(F)c1ccc(C(c2ccccc2)N2CCNCC2)cc1. The van der Waals surface area contributed by atoms with E-state index in [1.165, 1.54) is 17.7 Å². The number of pyridine rings is 1. The maximum atomic E-state index is 12.8. The second-order valence-electron chi connectivity index (χ2n) is 17.4. The van der Waals surface area contributed by atoms with Crippen LogP contribution >= 0.6 is 23.4 Å². The van der Waals surface area contributed by atoms with Crippen LogP contribution < -0.4 is 5.32 Å². The van der Waals surface area contributed by atoms with Crippen molar-refractivity contribution in [1.29, 1.82) is 0 Å². The third kappa shape index (κ3) is 12.9. The normalized spacial score (nSPS) is 16.2. The van der Waals surface area contributed by atoms with Gasteiger partial charge < -0.3 is 15.5 Å². The van der Waals surface area contributed by atoms with Crippen molar-refractivity contribution in [2.45, 2.75) is 69.0 Å². The van der Waals surface area contributed by atoms with E-state index in [0.29, 0.717) is 5.02 Å². The highest BCUT2D eigenvalue weighted by Crippen LogP contribution is 2.53. The summed E-state index contributed by atoms with van der Waals surface area (Å²) in [6.07, 6.45) is 3.72. The van der Waals surface area contributed by atoms with Gasteiger partial charge in [-0.2, -0.15) is 24.9 Å². The van der Waals surface area contributed by atoms with Gasteiger partial charge in [-0.25, -0.2) is 4.98 Å². The van der Waals surface area contributed by atoms with Crippen LogP contribution in [0.2, 0.25) is 5.02 Å². The first-order chi connectivity index (χ1) is 30.7. The molecular weight excluding hydrogens is 851 g/mol. The Labute approximate surface area is 383 Å². The lowest BCUT2D eigenvalue weighted by atomic mass is 9.90.